The van der Waals surface area contributed by atoms with Crippen LogP contribution in [0.25, 0.3) is 0 Å². The number of carbonyl (C=O) groups is 1. The fraction of sp³-hybridized carbons (Fsp3) is 0.471. The van der Waals surface area contributed by atoms with Crippen LogP contribution in [0.15, 0.2) is 28.7 Å². The minimum absolute atomic E-state index is 0.148. The van der Waals surface area contributed by atoms with Gasteiger partial charge in [-0.25, -0.2) is 4.68 Å². The van der Waals surface area contributed by atoms with E-state index >= 15 is 0 Å². The fourth-order valence-electron chi connectivity index (χ4n) is 3.00. The van der Waals surface area contributed by atoms with Gasteiger partial charge in [-0.15, -0.1) is 5.10 Å². The number of nitrogens with zero attached hydrogens (tertiary/aromatic N) is 3. The highest BCUT2D eigenvalue weighted by molar-refractivity contribution is 9.10. The van der Waals surface area contributed by atoms with Crippen LogP contribution in [0.4, 0.5) is 0 Å². The minimum Gasteiger partial charge on any atom is -0.350 e. The smallest absolute Gasteiger partial charge is 0.273 e. The summed E-state index contributed by atoms with van der Waals surface area (Å²) in [7, 11) is 0. The third-order valence-electron chi connectivity index (χ3n) is 4.41. The second-order valence-corrected chi connectivity index (χ2v) is 7.00. The predicted octanol–water partition coefficient (Wildman–Crippen LogP) is 2.25. The Labute approximate surface area is 150 Å². The topological polar surface area (TPSA) is 71.8 Å². The summed E-state index contributed by atoms with van der Waals surface area (Å²) in [5, 5.41) is 14.6. The Hall–Kier alpha value is -1.73. The highest BCUT2D eigenvalue weighted by atomic mass is 79.9. The van der Waals surface area contributed by atoms with Gasteiger partial charge < -0.3 is 10.6 Å². The number of aromatic nitrogens is 3. The summed E-state index contributed by atoms with van der Waals surface area (Å²) in [5.74, 6) is -0.148. The van der Waals surface area contributed by atoms with Crippen LogP contribution in [0, 0.1) is 6.92 Å². The van der Waals surface area contributed by atoms with E-state index in [1.165, 1.54) is 5.56 Å². The van der Waals surface area contributed by atoms with E-state index in [1.807, 2.05) is 23.7 Å². The van der Waals surface area contributed by atoms with Gasteiger partial charge in [0.25, 0.3) is 5.91 Å². The first kappa shape index (κ1) is 17.1. The number of amides is 1. The van der Waals surface area contributed by atoms with Crippen LogP contribution >= 0.6 is 15.9 Å². The van der Waals surface area contributed by atoms with Gasteiger partial charge in [0.1, 0.15) is 0 Å². The van der Waals surface area contributed by atoms with E-state index < -0.39 is 0 Å². The molecular weight excluding hydrogens is 370 g/mol. The van der Waals surface area contributed by atoms with Crippen LogP contribution in [0.1, 0.15) is 40.6 Å². The third-order valence-corrected chi connectivity index (χ3v) is 4.94. The van der Waals surface area contributed by atoms with Crippen LogP contribution in [0.5, 0.6) is 0 Å². The average molecular weight is 392 g/mol. The van der Waals surface area contributed by atoms with E-state index in [4.69, 9.17) is 0 Å². The van der Waals surface area contributed by atoms with E-state index in [1.54, 1.807) is 0 Å². The van der Waals surface area contributed by atoms with Crippen LogP contribution in [0.2, 0.25) is 0 Å². The second kappa shape index (κ2) is 7.90. The predicted molar refractivity (Wildman–Crippen MR) is 96.1 cm³/mol. The number of halogens is 1. The molecule has 1 amide bonds. The third kappa shape index (κ3) is 4.02. The Morgan fingerprint density at radius 1 is 1.33 bits per heavy atom. The van der Waals surface area contributed by atoms with Gasteiger partial charge in [0, 0.05) is 11.0 Å². The maximum absolute atomic E-state index is 12.4. The molecule has 0 radical (unpaired) electrons. The molecule has 0 spiro atoms. The lowest BCUT2D eigenvalue weighted by molar-refractivity contribution is 0.0948. The number of rotatable bonds is 5. The first-order valence-corrected chi connectivity index (χ1v) is 9.09. The van der Waals surface area contributed by atoms with E-state index in [9.17, 15) is 4.79 Å². The molecule has 7 heteroatoms. The largest absolute Gasteiger partial charge is 0.350 e. The van der Waals surface area contributed by atoms with Crippen LogP contribution in [-0.4, -0.2) is 40.5 Å². The summed E-state index contributed by atoms with van der Waals surface area (Å²) < 4.78 is 2.96. The molecule has 1 saturated heterocycles. The summed E-state index contributed by atoms with van der Waals surface area (Å²) in [6.45, 7) is 4.48. The maximum atomic E-state index is 12.4. The Morgan fingerprint density at radius 3 is 2.75 bits per heavy atom. The van der Waals surface area contributed by atoms with Crippen molar-refractivity contribution in [3.8, 4) is 0 Å². The number of hydrogen-bond donors (Lipinski definition) is 2. The van der Waals surface area contributed by atoms with E-state index in [-0.39, 0.29) is 5.91 Å². The number of benzene rings is 1. The standard InChI is InChI=1S/C17H22BrN5O/c1-12-16(21-22-23(12)15-7-9-19-10-8-15)17(24)20-11-6-13-2-4-14(18)5-3-13/h2-5,15,19H,6-11H2,1H3,(H,20,24). The Bertz CT molecular complexity index is 692. The van der Waals surface area contributed by atoms with Gasteiger partial charge in [0.15, 0.2) is 5.69 Å². The molecule has 0 atom stereocenters. The monoisotopic (exact) mass is 391 g/mol. The average Bonchev–Trinajstić information content (AvgIpc) is 2.99. The lowest BCUT2D eigenvalue weighted by Crippen LogP contribution is -2.30. The molecule has 0 bridgehead atoms. The lowest BCUT2D eigenvalue weighted by atomic mass is 10.1. The molecule has 2 aromatic rings. The van der Waals surface area contributed by atoms with Crippen molar-refractivity contribution in [1.82, 2.24) is 25.6 Å². The SMILES string of the molecule is Cc1c(C(=O)NCCc2ccc(Br)cc2)nnn1C1CCNCC1. The van der Waals surface area contributed by atoms with E-state index in [0.29, 0.717) is 18.3 Å². The van der Waals surface area contributed by atoms with Crippen molar-refractivity contribution in [1.29, 1.82) is 0 Å². The molecule has 1 aliphatic heterocycles. The number of hydrogen-bond acceptors (Lipinski definition) is 4. The molecule has 1 aromatic carbocycles. The lowest BCUT2D eigenvalue weighted by Gasteiger charge is -2.23. The van der Waals surface area contributed by atoms with Gasteiger partial charge in [-0.2, -0.15) is 0 Å². The van der Waals surface area contributed by atoms with Crippen molar-refractivity contribution in [3.63, 3.8) is 0 Å². The first-order valence-electron chi connectivity index (χ1n) is 8.30. The van der Waals surface area contributed by atoms with Gasteiger partial charge in [0.2, 0.25) is 0 Å². The Balaban J connectivity index is 1.57. The van der Waals surface area contributed by atoms with Crippen molar-refractivity contribution in [3.05, 3.63) is 45.7 Å². The van der Waals surface area contributed by atoms with Crippen molar-refractivity contribution in [2.75, 3.05) is 19.6 Å². The molecule has 2 heterocycles. The Morgan fingerprint density at radius 2 is 2.04 bits per heavy atom. The molecule has 6 nitrogen and oxygen atoms in total. The molecule has 1 fully saturated rings. The molecular formula is C17H22BrN5O. The number of carbonyl (C=O) groups excluding carboxylic acids is 1. The van der Waals surface area contributed by atoms with Crippen LogP contribution in [0.3, 0.4) is 0 Å². The molecule has 24 heavy (non-hydrogen) atoms. The zero-order valence-electron chi connectivity index (χ0n) is 13.8. The molecule has 0 aliphatic carbocycles. The zero-order valence-corrected chi connectivity index (χ0v) is 15.3. The van der Waals surface area contributed by atoms with Crippen molar-refractivity contribution < 1.29 is 4.79 Å². The summed E-state index contributed by atoms with van der Waals surface area (Å²) in [6, 6.07) is 8.45. The maximum Gasteiger partial charge on any atom is 0.273 e. The highest BCUT2D eigenvalue weighted by Gasteiger charge is 2.22. The summed E-state index contributed by atoms with van der Waals surface area (Å²) >= 11 is 3.42. The molecule has 0 saturated carbocycles. The minimum atomic E-state index is -0.148. The zero-order chi connectivity index (χ0) is 16.9. The van der Waals surface area contributed by atoms with Gasteiger partial charge in [-0.05, 0) is 57.0 Å². The first-order chi connectivity index (χ1) is 11.6. The van der Waals surface area contributed by atoms with Gasteiger partial charge in [0.05, 0.1) is 11.7 Å². The van der Waals surface area contributed by atoms with Gasteiger partial charge >= 0.3 is 0 Å². The quantitative estimate of drug-likeness (QED) is 0.819. The van der Waals surface area contributed by atoms with E-state index in [0.717, 1.165) is 42.5 Å². The molecule has 3 rings (SSSR count). The van der Waals surface area contributed by atoms with Gasteiger partial charge in [-0.3, -0.25) is 4.79 Å². The normalized spacial score (nSPS) is 15.4. The summed E-state index contributed by atoms with van der Waals surface area (Å²) in [5.41, 5.74) is 2.47. The van der Waals surface area contributed by atoms with Gasteiger partial charge in [-0.1, -0.05) is 33.3 Å². The van der Waals surface area contributed by atoms with Crippen molar-refractivity contribution in [2.24, 2.45) is 0 Å². The summed E-state index contributed by atoms with van der Waals surface area (Å²) in [6.07, 6.45) is 2.84. The number of piperidine rings is 1. The van der Waals surface area contributed by atoms with E-state index in [2.05, 4.69) is 49.0 Å². The molecule has 1 aromatic heterocycles. The molecule has 0 unspecified atom stereocenters. The summed E-state index contributed by atoms with van der Waals surface area (Å²) in [4.78, 5) is 12.4. The van der Waals surface area contributed by atoms with Crippen LogP contribution in [-0.2, 0) is 6.42 Å². The molecule has 2 N–H and O–H groups in total. The van der Waals surface area contributed by atoms with Crippen LogP contribution < -0.4 is 10.6 Å². The van der Waals surface area contributed by atoms with Crippen molar-refractivity contribution in [2.45, 2.75) is 32.2 Å². The molecule has 1 aliphatic rings. The highest BCUT2D eigenvalue weighted by Crippen LogP contribution is 2.20. The van der Waals surface area contributed by atoms with Crippen molar-refractivity contribution >= 4 is 21.8 Å². The Kier molecular flexibility index (Phi) is 5.63. The molecule has 128 valence electrons. The second-order valence-electron chi connectivity index (χ2n) is 6.08. The number of nitrogens with one attached hydrogen (secondary N) is 2. The fourth-order valence-corrected chi connectivity index (χ4v) is 3.27.